The van der Waals surface area contributed by atoms with Crippen LogP contribution in [0.3, 0.4) is 0 Å². The number of nitrogens with two attached hydrogens (primary N) is 1. The highest BCUT2D eigenvalue weighted by molar-refractivity contribution is 6.25. The van der Waals surface area contributed by atoms with Crippen molar-refractivity contribution in [3.05, 3.63) is 52.6 Å². The summed E-state index contributed by atoms with van der Waals surface area (Å²) >= 11 is 0. The number of fused-ring (bicyclic) bond motifs is 3. The molecule has 0 spiro atoms. The summed E-state index contributed by atoms with van der Waals surface area (Å²) in [4.78, 5) is 68.0. The normalized spacial score (nSPS) is 26.4. The van der Waals surface area contributed by atoms with Crippen molar-refractivity contribution in [1.29, 1.82) is 0 Å². The zero-order valence-electron chi connectivity index (χ0n) is 27.3. The summed E-state index contributed by atoms with van der Waals surface area (Å²) in [6, 6.07) is 6.92. The molecule has 0 heterocycles. The van der Waals surface area contributed by atoms with Gasteiger partial charge in [0.25, 0.3) is 5.91 Å². The highest BCUT2D eigenvalue weighted by Gasteiger charge is 2.67. The number of rotatable bonds is 8. The van der Waals surface area contributed by atoms with Gasteiger partial charge in [-0.2, -0.15) is 0 Å². The number of anilines is 1. The summed E-state index contributed by atoms with van der Waals surface area (Å²) in [5.74, 6) is -9.43. The number of likely N-dealkylation sites (N-methyl/N-ethyl adjacent to an activating group) is 1. The molecule has 5 rings (SSSR count). The molecule has 6 atom stereocenters. The fourth-order valence-electron chi connectivity index (χ4n) is 7.57. The Morgan fingerprint density at radius 3 is 2.40 bits per heavy atom. The standard InChI is InChI=1S/C34H40N4O10/c1-6-48-22(39)14-36-33(46)16-9-7-8-15(10-16)18-13-21(37(2)3)19-11-17-12-20-26(38(4)5)29(42)25(32(35)45)31(44)34(20,47)30(43)23(17)28(41)24(19)27(18)40/h7-10,13,17,20,25-26,29,40-42,47H,6,11-12,14H2,1-5H3,(H2,35,45)(H,36,46)/t17-,20-,25?,26-,29?,34-/m1/s1. The van der Waals surface area contributed by atoms with Crippen LogP contribution in [0.2, 0.25) is 0 Å². The van der Waals surface area contributed by atoms with Crippen molar-refractivity contribution in [3.8, 4) is 16.9 Å². The SMILES string of the molecule is CCOC(=O)CNC(=O)c1cccc(-c2cc(N(C)C)c3c(c2O)C(O)=C2C(=O)[C@@]4(O)C(=O)C(C(N)=O)C(O)[C@H](N(C)C)[C@H]4C[C@H]2C3)c1. The van der Waals surface area contributed by atoms with Crippen LogP contribution in [0.15, 0.2) is 35.9 Å². The van der Waals surface area contributed by atoms with Gasteiger partial charge in [-0.25, -0.2) is 0 Å². The Bertz CT molecular complexity index is 1750. The number of nitrogens with zero attached hydrogens (tertiary/aromatic N) is 2. The van der Waals surface area contributed by atoms with Gasteiger partial charge in [-0.1, -0.05) is 12.1 Å². The Hall–Kier alpha value is -4.79. The minimum atomic E-state index is -2.77. The molecule has 14 nitrogen and oxygen atoms in total. The van der Waals surface area contributed by atoms with Crippen molar-refractivity contribution in [1.82, 2.24) is 10.2 Å². The molecule has 2 unspecified atom stereocenters. The molecule has 0 aliphatic heterocycles. The van der Waals surface area contributed by atoms with Gasteiger partial charge in [0.1, 0.15) is 24.0 Å². The number of hydrogen-bond acceptors (Lipinski definition) is 12. The van der Waals surface area contributed by atoms with Crippen molar-refractivity contribution < 1.29 is 49.1 Å². The number of esters is 1. The Morgan fingerprint density at radius 1 is 1.10 bits per heavy atom. The monoisotopic (exact) mass is 664 g/mol. The van der Waals surface area contributed by atoms with E-state index in [-0.39, 0.29) is 48.3 Å². The van der Waals surface area contributed by atoms with Crippen LogP contribution in [0.5, 0.6) is 5.75 Å². The number of phenolic OH excluding ortho intramolecular Hbond substituents is 1. The Labute approximate surface area is 276 Å². The lowest BCUT2D eigenvalue weighted by molar-refractivity contribution is -0.184. The summed E-state index contributed by atoms with van der Waals surface area (Å²) < 4.78 is 4.85. The number of hydrogen-bond donors (Lipinski definition) is 6. The number of aromatic hydroxyl groups is 1. The van der Waals surface area contributed by atoms with Gasteiger partial charge in [-0.3, -0.25) is 24.0 Å². The van der Waals surface area contributed by atoms with E-state index in [0.717, 1.165) is 0 Å². The maximum atomic E-state index is 14.2. The third-order valence-corrected chi connectivity index (χ3v) is 9.68. The van der Waals surface area contributed by atoms with Crippen molar-refractivity contribution in [2.45, 2.75) is 37.5 Å². The number of ketones is 2. The molecule has 48 heavy (non-hydrogen) atoms. The second-order valence-electron chi connectivity index (χ2n) is 12.9. The number of carbonyl (C=O) groups is 5. The van der Waals surface area contributed by atoms with E-state index in [1.165, 1.54) is 17.0 Å². The van der Waals surface area contributed by atoms with E-state index in [2.05, 4.69) is 5.32 Å². The molecule has 2 aromatic rings. The van der Waals surface area contributed by atoms with Crippen LogP contribution in [0.25, 0.3) is 16.9 Å². The summed E-state index contributed by atoms with van der Waals surface area (Å²) in [5.41, 5.74) is 4.21. The predicted molar refractivity (Wildman–Crippen MR) is 173 cm³/mol. The molecular formula is C34H40N4O10. The molecule has 2 aromatic carbocycles. The van der Waals surface area contributed by atoms with Gasteiger partial charge in [-0.05, 0) is 69.1 Å². The topological polar surface area (TPSA) is 220 Å². The van der Waals surface area contributed by atoms with Crippen LogP contribution in [-0.2, 0) is 30.3 Å². The lowest BCUT2D eigenvalue weighted by Crippen LogP contribution is -2.73. The summed E-state index contributed by atoms with van der Waals surface area (Å²) in [6.07, 6.45) is -1.45. The highest BCUT2D eigenvalue weighted by atomic mass is 16.5. The van der Waals surface area contributed by atoms with E-state index in [1.54, 1.807) is 58.2 Å². The fraction of sp³-hybridized carbons (Fsp3) is 0.441. The molecule has 2 amide bonds. The van der Waals surface area contributed by atoms with E-state index in [1.807, 2.05) is 0 Å². The van der Waals surface area contributed by atoms with Gasteiger partial charge in [0, 0.05) is 48.4 Å². The van der Waals surface area contributed by atoms with Gasteiger partial charge in [0.15, 0.2) is 11.4 Å². The van der Waals surface area contributed by atoms with E-state index in [0.29, 0.717) is 16.8 Å². The number of amides is 2. The van der Waals surface area contributed by atoms with E-state index in [4.69, 9.17) is 10.5 Å². The van der Waals surface area contributed by atoms with Crippen LogP contribution in [0, 0.1) is 17.8 Å². The third-order valence-electron chi connectivity index (χ3n) is 9.68. The number of ether oxygens (including phenoxy) is 1. The number of nitrogens with one attached hydrogen (secondary N) is 1. The maximum absolute atomic E-state index is 14.2. The lowest BCUT2D eigenvalue weighted by Gasteiger charge is -2.53. The number of aliphatic hydroxyl groups excluding tert-OH is 2. The predicted octanol–water partition coefficient (Wildman–Crippen LogP) is 0.155. The summed E-state index contributed by atoms with van der Waals surface area (Å²) in [7, 11) is 6.71. The number of Topliss-reactive ketones (excluding diaryl/α,β-unsaturated/α-hetero) is 2. The lowest BCUT2D eigenvalue weighted by atomic mass is 9.54. The van der Waals surface area contributed by atoms with Crippen LogP contribution in [0.1, 0.15) is 34.8 Å². The van der Waals surface area contributed by atoms with Gasteiger partial charge in [-0.15, -0.1) is 0 Å². The molecule has 0 radical (unpaired) electrons. The van der Waals surface area contributed by atoms with Crippen molar-refractivity contribution in [2.75, 3.05) is 46.2 Å². The number of benzene rings is 2. The highest BCUT2D eigenvalue weighted by Crippen LogP contribution is 2.54. The molecule has 256 valence electrons. The van der Waals surface area contributed by atoms with Crippen molar-refractivity contribution in [3.63, 3.8) is 0 Å². The molecule has 3 aliphatic rings. The zero-order chi connectivity index (χ0) is 35.4. The first kappa shape index (κ1) is 34.5. The van der Waals surface area contributed by atoms with Gasteiger partial charge in [0.05, 0.1) is 18.3 Å². The average Bonchev–Trinajstić information content (AvgIpc) is 3.01. The summed E-state index contributed by atoms with van der Waals surface area (Å²) in [5, 5.41) is 48.9. The Kier molecular flexibility index (Phi) is 9.12. The summed E-state index contributed by atoms with van der Waals surface area (Å²) in [6.45, 7) is 1.47. The maximum Gasteiger partial charge on any atom is 0.325 e. The molecule has 0 aromatic heterocycles. The third kappa shape index (κ3) is 5.39. The van der Waals surface area contributed by atoms with E-state index in [9.17, 15) is 44.4 Å². The van der Waals surface area contributed by atoms with Gasteiger partial charge >= 0.3 is 5.97 Å². The minimum Gasteiger partial charge on any atom is -0.507 e. The molecule has 0 saturated heterocycles. The smallest absolute Gasteiger partial charge is 0.325 e. The molecule has 0 bridgehead atoms. The molecule has 2 fully saturated rings. The second-order valence-corrected chi connectivity index (χ2v) is 12.9. The Balaban J connectivity index is 1.63. The Morgan fingerprint density at radius 2 is 1.79 bits per heavy atom. The first-order chi connectivity index (χ1) is 22.6. The van der Waals surface area contributed by atoms with Crippen LogP contribution in [-0.4, -0.2) is 114 Å². The minimum absolute atomic E-state index is 0.00343. The number of primary amides is 1. The number of phenols is 1. The van der Waals surface area contributed by atoms with Crippen LogP contribution in [0.4, 0.5) is 5.69 Å². The van der Waals surface area contributed by atoms with Crippen LogP contribution >= 0.6 is 0 Å². The molecular weight excluding hydrogens is 624 g/mol. The zero-order valence-corrected chi connectivity index (χ0v) is 27.3. The molecule has 7 N–H and O–H groups in total. The number of aliphatic hydroxyl groups is 3. The molecule has 2 saturated carbocycles. The van der Waals surface area contributed by atoms with Gasteiger partial charge < -0.3 is 46.0 Å². The van der Waals surface area contributed by atoms with Crippen molar-refractivity contribution >= 4 is 40.8 Å². The first-order valence-corrected chi connectivity index (χ1v) is 15.5. The fourth-order valence-corrected chi connectivity index (χ4v) is 7.57. The second kappa shape index (κ2) is 12.7. The first-order valence-electron chi connectivity index (χ1n) is 15.5. The average molecular weight is 665 g/mol. The number of carbonyl (C=O) groups excluding carboxylic acids is 5. The van der Waals surface area contributed by atoms with E-state index < -0.39 is 76.4 Å². The quantitative estimate of drug-likeness (QED) is 0.164. The van der Waals surface area contributed by atoms with Crippen molar-refractivity contribution in [2.24, 2.45) is 23.5 Å². The van der Waals surface area contributed by atoms with E-state index >= 15 is 0 Å². The molecule has 14 heteroatoms. The van der Waals surface area contributed by atoms with Gasteiger partial charge in [0.2, 0.25) is 11.7 Å². The largest absolute Gasteiger partial charge is 0.507 e. The van der Waals surface area contributed by atoms with Crippen LogP contribution < -0.4 is 16.0 Å². The molecule has 3 aliphatic carbocycles.